The maximum Gasteiger partial charge on any atom is 0.142 e. The maximum absolute atomic E-state index is 5.35. The fourth-order valence-electron chi connectivity index (χ4n) is 2.24. The van der Waals surface area contributed by atoms with Gasteiger partial charge in [-0.05, 0) is 18.6 Å². The molecule has 3 rings (SSSR count). The quantitative estimate of drug-likeness (QED) is 0.560. The summed E-state index contributed by atoms with van der Waals surface area (Å²) >= 11 is 0. The number of H-pyrrole nitrogens is 1. The first-order chi connectivity index (χ1) is 9.84. The van der Waals surface area contributed by atoms with Gasteiger partial charge in [0, 0.05) is 22.2 Å². The lowest BCUT2D eigenvalue weighted by atomic mass is 10.1. The Bertz CT molecular complexity index is 729. The molecule has 1 N–H and O–H groups in total. The summed E-state index contributed by atoms with van der Waals surface area (Å²) in [6, 6.07) is 18.2. The molecule has 0 aliphatic rings. The van der Waals surface area contributed by atoms with Crippen molar-refractivity contribution >= 4 is 17.1 Å². The molecule has 100 valence electrons. The highest BCUT2D eigenvalue weighted by molar-refractivity contribution is 6.00. The lowest BCUT2D eigenvalue weighted by Gasteiger charge is -1.99. The van der Waals surface area contributed by atoms with Gasteiger partial charge in [0.05, 0.1) is 6.21 Å². The van der Waals surface area contributed by atoms with Gasteiger partial charge >= 0.3 is 0 Å². The van der Waals surface area contributed by atoms with Crippen LogP contribution < -0.4 is 0 Å². The van der Waals surface area contributed by atoms with Crippen LogP contribution in [-0.2, 0) is 11.4 Å². The molecule has 0 bridgehead atoms. The lowest BCUT2D eigenvalue weighted by molar-refractivity contribution is 0.132. The van der Waals surface area contributed by atoms with E-state index in [0.717, 1.165) is 27.7 Å². The Labute approximate surface area is 117 Å². The number of nitrogens with one attached hydrogen (secondary N) is 1. The number of aryl methyl sites for hydroxylation is 1. The smallest absolute Gasteiger partial charge is 0.142 e. The summed E-state index contributed by atoms with van der Waals surface area (Å²) in [4.78, 5) is 8.69. The van der Waals surface area contributed by atoms with Crippen LogP contribution in [0.25, 0.3) is 10.9 Å². The molecular formula is C17H16N2O. The lowest BCUT2D eigenvalue weighted by Crippen LogP contribution is -1.88. The third-order valence-electron chi connectivity index (χ3n) is 3.27. The van der Waals surface area contributed by atoms with E-state index in [1.807, 2.05) is 49.4 Å². The highest BCUT2D eigenvalue weighted by atomic mass is 16.6. The molecule has 0 fully saturated rings. The highest BCUT2D eigenvalue weighted by Crippen LogP contribution is 2.19. The number of hydrogen-bond donors (Lipinski definition) is 1. The summed E-state index contributed by atoms with van der Waals surface area (Å²) in [5.74, 6) is 0. The number of nitrogens with zero attached hydrogens (tertiary/aromatic N) is 1. The Morgan fingerprint density at radius 1 is 1.05 bits per heavy atom. The van der Waals surface area contributed by atoms with E-state index in [-0.39, 0.29) is 0 Å². The Balaban J connectivity index is 1.73. The predicted octanol–water partition coefficient (Wildman–Crippen LogP) is 4.03. The Hall–Kier alpha value is -2.55. The zero-order valence-corrected chi connectivity index (χ0v) is 11.3. The third-order valence-corrected chi connectivity index (χ3v) is 3.27. The zero-order chi connectivity index (χ0) is 13.8. The fourth-order valence-corrected chi connectivity index (χ4v) is 2.24. The van der Waals surface area contributed by atoms with Gasteiger partial charge in [-0.3, -0.25) is 0 Å². The van der Waals surface area contributed by atoms with Crippen LogP contribution in [0.4, 0.5) is 0 Å². The molecule has 1 aromatic heterocycles. The topological polar surface area (TPSA) is 37.4 Å². The summed E-state index contributed by atoms with van der Waals surface area (Å²) < 4.78 is 0. The molecule has 0 amide bonds. The second kappa shape index (κ2) is 5.61. The van der Waals surface area contributed by atoms with E-state index >= 15 is 0 Å². The molecule has 0 saturated carbocycles. The number of para-hydroxylation sites is 1. The molecule has 3 nitrogen and oxygen atoms in total. The Kier molecular flexibility index (Phi) is 3.50. The molecular weight excluding hydrogens is 248 g/mol. The second-order valence-electron chi connectivity index (χ2n) is 4.70. The minimum Gasteiger partial charge on any atom is -0.391 e. The molecule has 0 unspecified atom stereocenters. The monoisotopic (exact) mass is 264 g/mol. The Morgan fingerprint density at radius 3 is 2.65 bits per heavy atom. The van der Waals surface area contributed by atoms with Crippen LogP contribution >= 0.6 is 0 Å². The predicted molar refractivity (Wildman–Crippen MR) is 81.9 cm³/mol. The molecule has 0 aliphatic heterocycles. The standard InChI is InChI=1S/C17H16N2O/c1-13-16(15-9-5-6-10-17(15)19-13)11-18-20-12-14-7-3-2-4-8-14/h2-11,19H,12H2,1H3/b18-11+. The SMILES string of the molecule is Cc1[nH]c2ccccc2c1/C=N/OCc1ccccc1. The molecule has 3 aromatic rings. The van der Waals surface area contributed by atoms with Crippen molar-refractivity contribution in [2.24, 2.45) is 5.16 Å². The van der Waals surface area contributed by atoms with E-state index < -0.39 is 0 Å². The molecule has 0 radical (unpaired) electrons. The van der Waals surface area contributed by atoms with Crippen molar-refractivity contribution in [2.75, 3.05) is 0 Å². The Morgan fingerprint density at radius 2 is 1.80 bits per heavy atom. The van der Waals surface area contributed by atoms with Gasteiger partial charge in [0.2, 0.25) is 0 Å². The number of oxime groups is 1. The third kappa shape index (κ3) is 2.57. The van der Waals surface area contributed by atoms with Gasteiger partial charge in [-0.1, -0.05) is 53.7 Å². The normalized spacial score (nSPS) is 11.2. The zero-order valence-electron chi connectivity index (χ0n) is 11.3. The van der Waals surface area contributed by atoms with Gasteiger partial charge in [-0.15, -0.1) is 0 Å². The van der Waals surface area contributed by atoms with E-state index in [0.29, 0.717) is 6.61 Å². The largest absolute Gasteiger partial charge is 0.391 e. The van der Waals surface area contributed by atoms with Crippen molar-refractivity contribution in [3.63, 3.8) is 0 Å². The van der Waals surface area contributed by atoms with E-state index in [4.69, 9.17) is 4.84 Å². The number of fused-ring (bicyclic) bond motifs is 1. The second-order valence-corrected chi connectivity index (χ2v) is 4.70. The van der Waals surface area contributed by atoms with Crippen molar-refractivity contribution in [3.05, 3.63) is 71.4 Å². The number of aromatic amines is 1. The summed E-state index contributed by atoms with van der Waals surface area (Å²) in [5.41, 5.74) is 4.40. The van der Waals surface area contributed by atoms with Crippen LogP contribution in [0.3, 0.4) is 0 Å². The molecule has 0 saturated heterocycles. The number of aromatic nitrogens is 1. The van der Waals surface area contributed by atoms with Crippen LogP contribution in [0, 0.1) is 6.92 Å². The molecule has 0 atom stereocenters. The maximum atomic E-state index is 5.35. The first-order valence-electron chi connectivity index (χ1n) is 6.61. The van der Waals surface area contributed by atoms with Crippen molar-refractivity contribution in [1.29, 1.82) is 0 Å². The van der Waals surface area contributed by atoms with Gasteiger partial charge < -0.3 is 9.82 Å². The highest BCUT2D eigenvalue weighted by Gasteiger charge is 2.05. The molecule has 0 aliphatic carbocycles. The number of rotatable bonds is 4. The van der Waals surface area contributed by atoms with Gasteiger partial charge in [0.15, 0.2) is 0 Å². The van der Waals surface area contributed by atoms with Crippen molar-refractivity contribution in [2.45, 2.75) is 13.5 Å². The van der Waals surface area contributed by atoms with Gasteiger partial charge in [-0.2, -0.15) is 0 Å². The van der Waals surface area contributed by atoms with Crippen molar-refractivity contribution in [3.8, 4) is 0 Å². The number of hydrogen-bond acceptors (Lipinski definition) is 2. The molecule has 20 heavy (non-hydrogen) atoms. The molecule has 0 spiro atoms. The average molecular weight is 264 g/mol. The first-order valence-corrected chi connectivity index (χ1v) is 6.61. The van der Waals surface area contributed by atoms with E-state index in [1.165, 1.54) is 0 Å². The van der Waals surface area contributed by atoms with Crippen LogP contribution in [0.5, 0.6) is 0 Å². The average Bonchev–Trinajstić information content (AvgIpc) is 2.80. The molecule has 3 heteroatoms. The van der Waals surface area contributed by atoms with Crippen LogP contribution in [-0.4, -0.2) is 11.2 Å². The summed E-state index contributed by atoms with van der Waals surface area (Å²) in [6.07, 6.45) is 1.77. The van der Waals surface area contributed by atoms with E-state index in [2.05, 4.69) is 22.3 Å². The summed E-state index contributed by atoms with van der Waals surface area (Å²) in [6.45, 7) is 2.53. The van der Waals surface area contributed by atoms with Crippen LogP contribution in [0.2, 0.25) is 0 Å². The summed E-state index contributed by atoms with van der Waals surface area (Å²) in [5, 5.41) is 5.24. The summed E-state index contributed by atoms with van der Waals surface area (Å²) in [7, 11) is 0. The van der Waals surface area contributed by atoms with Crippen LogP contribution in [0.15, 0.2) is 59.8 Å². The van der Waals surface area contributed by atoms with Crippen molar-refractivity contribution in [1.82, 2.24) is 4.98 Å². The fraction of sp³-hybridized carbons (Fsp3) is 0.118. The van der Waals surface area contributed by atoms with E-state index in [9.17, 15) is 0 Å². The minimum atomic E-state index is 0.485. The number of benzene rings is 2. The van der Waals surface area contributed by atoms with E-state index in [1.54, 1.807) is 6.21 Å². The van der Waals surface area contributed by atoms with Gasteiger partial charge in [-0.25, -0.2) is 0 Å². The van der Waals surface area contributed by atoms with Crippen LogP contribution in [0.1, 0.15) is 16.8 Å². The first kappa shape index (κ1) is 12.5. The molecule has 1 heterocycles. The van der Waals surface area contributed by atoms with Gasteiger partial charge in [0.25, 0.3) is 0 Å². The van der Waals surface area contributed by atoms with Gasteiger partial charge in [0.1, 0.15) is 6.61 Å². The molecule has 2 aromatic carbocycles. The minimum absolute atomic E-state index is 0.485. The van der Waals surface area contributed by atoms with Crippen molar-refractivity contribution < 1.29 is 4.84 Å².